The average molecular weight is 392 g/mol. The van der Waals surface area contributed by atoms with E-state index in [9.17, 15) is 10.2 Å². The Kier molecular flexibility index (Phi) is 6.83. The van der Waals surface area contributed by atoms with Gasteiger partial charge in [0, 0.05) is 11.3 Å². The number of fused-ring (bicyclic) bond motifs is 1. The zero-order valence-electron chi connectivity index (χ0n) is 17.4. The largest absolute Gasteiger partial charge is 0.386 e. The summed E-state index contributed by atoms with van der Waals surface area (Å²) in [5, 5.41) is 22.7. The van der Waals surface area contributed by atoms with E-state index in [-0.39, 0.29) is 5.92 Å². The van der Waals surface area contributed by atoms with Gasteiger partial charge in [-0.3, -0.25) is 0 Å². The molecule has 2 aliphatic rings. The number of nitrogens with two attached hydrogens (primary N) is 1. The summed E-state index contributed by atoms with van der Waals surface area (Å²) in [4.78, 5) is 0. The lowest BCUT2D eigenvalue weighted by Crippen LogP contribution is -2.51. The smallest absolute Gasteiger partial charge is 0.190 e. The van der Waals surface area contributed by atoms with Crippen LogP contribution in [0.15, 0.2) is 30.3 Å². The molecule has 0 spiro atoms. The molecule has 158 valence electrons. The van der Waals surface area contributed by atoms with Gasteiger partial charge in [-0.05, 0) is 24.9 Å². The summed E-state index contributed by atoms with van der Waals surface area (Å²) in [7, 11) is 0. The predicted octanol–water partition coefficient (Wildman–Crippen LogP) is 3.37. The molecule has 28 heavy (non-hydrogen) atoms. The van der Waals surface area contributed by atoms with E-state index >= 15 is 0 Å². The fourth-order valence-corrected chi connectivity index (χ4v) is 5.09. The molecule has 5 nitrogen and oxygen atoms in total. The Morgan fingerprint density at radius 3 is 2.32 bits per heavy atom. The summed E-state index contributed by atoms with van der Waals surface area (Å²) in [6.45, 7) is 5.39. The molecule has 5 heteroatoms. The van der Waals surface area contributed by atoms with Crippen LogP contribution in [0.1, 0.15) is 64.4 Å². The fraction of sp³-hybridized carbons (Fsp3) is 0.739. The first-order valence-electron chi connectivity index (χ1n) is 10.8. The van der Waals surface area contributed by atoms with Crippen molar-refractivity contribution in [2.24, 2.45) is 17.1 Å². The monoisotopic (exact) mass is 391 g/mol. The Morgan fingerprint density at radius 2 is 1.64 bits per heavy atom. The van der Waals surface area contributed by atoms with Crippen LogP contribution in [0.3, 0.4) is 0 Å². The van der Waals surface area contributed by atoms with Crippen molar-refractivity contribution in [1.82, 2.24) is 0 Å². The van der Waals surface area contributed by atoms with Gasteiger partial charge in [-0.25, -0.2) is 0 Å². The first-order valence-corrected chi connectivity index (χ1v) is 10.8. The molecule has 1 heterocycles. The van der Waals surface area contributed by atoms with E-state index in [1.807, 2.05) is 44.2 Å². The lowest BCUT2D eigenvalue weighted by molar-refractivity contribution is -0.267. The number of benzene rings is 1. The zero-order chi connectivity index (χ0) is 20.3. The summed E-state index contributed by atoms with van der Waals surface area (Å²) < 4.78 is 11.8. The lowest BCUT2D eigenvalue weighted by atomic mass is 9.87. The molecular formula is C23H37NO4. The molecule has 0 bridgehead atoms. The van der Waals surface area contributed by atoms with Crippen LogP contribution in [0.2, 0.25) is 0 Å². The number of aliphatic hydroxyl groups is 2. The number of unbranched alkanes of at least 4 members (excludes halogenated alkanes) is 5. The number of rotatable bonds is 11. The Bertz CT molecular complexity index is 622. The Morgan fingerprint density at radius 1 is 1.00 bits per heavy atom. The van der Waals surface area contributed by atoms with E-state index < -0.39 is 22.9 Å². The molecule has 1 saturated carbocycles. The standard InChI is InChI=1S/C23H37NO4/c1-21(2)22(25)19(14-10-5-3-4-6-11-15-24)17-28-20(23(21,22)26)27-16-18-12-8-7-9-13-18/h7-9,12-13,19-20,25-26H,3-6,10-11,14-17,24H2,1-2H3/t19-,20?,22-,23-/m0/s1. The molecule has 1 aromatic carbocycles. The van der Waals surface area contributed by atoms with Crippen molar-refractivity contribution in [2.75, 3.05) is 13.2 Å². The van der Waals surface area contributed by atoms with Crippen molar-refractivity contribution in [3.63, 3.8) is 0 Å². The van der Waals surface area contributed by atoms with Crippen molar-refractivity contribution >= 4 is 0 Å². The lowest BCUT2D eigenvalue weighted by Gasteiger charge is -2.36. The highest BCUT2D eigenvalue weighted by atomic mass is 16.7. The van der Waals surface area contributed by atoms with Crippen molar-refractivity contribution in [2.45, 2.75) is 82.9 Å². The summed E-state index contributed by atoms with van der Waals surface area (Å²) in [5.74, 6) is -0.0619. The molecule has 0 amide bonds. The van der Waals surface area contributed by atoms with Crippen LogP contribution in [0.5, 0.6) is 0 Å². The maximum atomic E-state index is 11.4. The maximum absolute atomic E-state index is 11.4. The van der Waals surface area contributed by atoms with Gasteiger partial charge in [0.2, 0.25) is 0 Å². The molecule has 1 saturated heterocycles. The molecule has 4 N–H and O–H groups in total. The van der Waals surface area contributed by atoms with Gasteiger partial charge in [-0.15, -0.1) is 0 Å². The minimum atomic E-state index is -1.36. The van der Waals surface area contributed by atoms with E-state index in [4.69, 9.17) is 15.2 Å². The van der Waals surface area contributed by atoms with Gasteiger partial charge in [0.1, 0.15) is 5.60 Å². The van der Waals surface area contributed by atoms with Crippen LogP contribution in [0.4, 0.5) is 0 Å². The van der Waals surface area contributed by atoms with Crippen LogP contribution in [-0.2, 0) is 16.1 Å². The molecule has 4 atom stereocenters. The van der Waals surface area contributed by atoms with Crippen molar-refractivity contribution < 1.29 is 19.7 Å². The third kappa shape index (κ3) is 3.63. The Balaban J connectivity index is 1.52. The van der Waals surface area contributed by atoms with Gasteiger partial charge in [0.05, 0.1) is 13.2 Å². The molecule has 0 radical (unpaired) electrons. The minimum Gasteiger partial charge on any atom is -0.386 e. The van der Waals surface area contributed by atoms with Gasteiger partial charge < -0.3 is 25.4 Å². The Hall–Kier alpha value is -0.980. The third-order valence-electron chi connectivity index (χ3n) is 7.06. The van der Waals surface area contributed by atoms with E-state index in [0.717, 1.165) is 37.8 Å². The second kappa shape index (κ2) is 8.80. The number of ether oxygens (including phenoxy) is 2. The molecule has 1 aromatic rings. The van der Waals surface area contributed by atoms with E-state index in [1.54, 1.807) is 0 Å². The minimum absolute atomic E-state index is 0.0619. The average Bonchev–Trinajstić information content (AvgIpc) is 3.07. The van der Waals surface area contributed by atoms with Crippen molar-refractivity contribution in [3.8, 4) is 0 Å². The highest BCUT2D eigenvalue weighted by Crippen LogP contribution is 2.72. The fourth-order valence-electron chi connectivity index (χ4n) is 5.09. The normalized spacial score (nSPS) is 33.5. The summed E-state index contributed by atoms with van der Waals surface area (Å²) in [5.41, 5.74) is 3.39. The molecule has 0 aromatic heterocycles. The number of hydrogen-bond donors (Lipinski definition) is 3. The van der Waals surface area contributed by atoms with E-state index in [0.29, 0.717) is 13.2 Å². The van der Waals surface area contributed by atoms with Crippen molar-refractivity contribution in [1.29, 1.82) is 0 Å². The van der Waals surface area contributed by atoms with Crippen LogP contribution in [-0.4, -0.2) is 40.9 Å². The third-order valence-corrected chi connectivity index (χ3v) is 7.06. The topological polar surface area (TPSA) is 84.9 Å². The highest BCUT2D eigenvalue weighted by Gasteiger charge is 2.89. The van der Waals surface area contributed by atoms with Gasteiger partial charge in [0.25, 0.3) is 0 Å². The highest BCUT2D eigenvalue weighted by molar-refractivity contribution is 5.36. The SMILES string of the molecule is CC1(C)[C@@]2(O)C(OCc3ccccc3)OC[C@H](CCCCCCCCN)[C@]12O. The molecule has 2 fully saturated rings. The summed E-state index contributed by atoms with van der Waals surface area (Å²) >= 11 is 0. The molecule has 3 rings (SSSR count). The molecule has 1 aliphatic carbocycles. The summed E-state index contributed by atoms with van der Waals surface area (Å²) in [6.07, 6.45) is 6.95. The van der Waals surface area contributed by atoms with E-state index in [1.165, 1.54) is 19.3 Å². The van der Waals surface area contributed by atoms with Crippen LogP contribution in [0, 0.1) is 11.3 Å². The molecule has 1 aliphatic heterocycles. The van der Waals surface area contributed by atoms with Crippen molar-refractivity contribution in [3.05, 3.63) is 35.9 Å². The first-order chi connectivity index (χ1) is 13.4. The number of hydrogen-bond acceptors (Lipinski definition) is 5. The maximum Gasteiger partial charge on any atom is 0.190 e. The van der Waals surface area contributed by atoms with Crippen LogP contribution in [0.25, 0.3) is 0 Å². The Labute approximate surface area is 169 Å². The van der Waals surface area contributed by atoms with Gasteiger partial charge in [-0.2, -0.15) is 0 Å². The molecular weight excluding hydrogens is 354 g/mol. The first kappa shape index (κ1) is 21.7. The van der Waals surface area contributed by atoms with Gasteiger partial charge >= 0.3 is 0 Å². The second-order valence-corrected chi connectivity index (χ2v) is 9.02. The van der Waals surface area contributed by atoms with Gasteiger partial charge in [-0.1, -0.05) is 76.3 Å². The van der Waals surface area contributed by atoms with Crippen LogP contribution < -0.4 is 5.73 Å². The van der Waals surface area contributed by atoms with Crippen LogP contribution >= 0.6 is 0 Å². The predicted molar refractivity (Wildman–Crippen MR) is 110 cm³/mol. The molecule has 1 unspecified atom stereocenters. The van der Waals surface area contributed by atoms with E-state index in [2.05, 4.69) is 0 Å². The second-order valence-electron chi connectivity index (χ2n) is 9.02. The zero-order valence-corrected chi connectivity index (χ0v) is 17.4. The quantitative estimate of drug-likeness (QED) is 0.504. The summed E-state index contributed by atoms with van der Waals surface area (Å²) in [6, 6.07) is 9.83. The van der Waals surface area contributed by atoms with Gasteiger partial charge in [0.15, 0.2) is 11.9 Å².